The molecule has 3 nitrogen and oxygen atoms in total. The number of halogens is 3. The van der Waals surface area contributed by atoms with Crippen LogP contribution in [0.4, 0.5) is 18.9 Å². The number of pyridine rings is 1. The largest absolute Gasteiger partial charge is 0.405 e. The first-order valence-corrected chi connectivity index (χ1v) is 6.29. The molecule has 0 amide bonds. The number of nitrogens with two attached hydrogens (primary N) is 1. The molecule has 2 N–H and O–H groups in total. The van der Waals surface area contributed by atoms with E-state index in [0.29, 0.717) is 11.4 Å². The Hall–Kier alpha value is -1.30. The monoisotopic (exact) mass is 275 g/mol. The topological polar surface area (TPSA) is 42.1 Å². The minimum Gasteiger partial charge on any atom is -0.359 e. The van der Waals surface area contributed by atoms with E-state index < -0.39 is 12.7 Å². The van der Waals surface area contributed by atoms with Crippen molar-refractivity contribution < 1.29 is 13.2 Å². The Balaban J connectivity index is 2.92. The van der Waals surface area contributed by atoms with Gasteiger partial charge in [-0.1, -0.05) is 6.92 Å². The molecule has 1 rings (SSSR count). The van der Waals surface area contributed by atoms with Crippen LogP contribution >= 0.6 is 0 Å². The van der Waals surface area contributed by atoms with E-state index in [9.17, 15) is 13.2 Å². The Morgan fingerprint density at radius 1 is 1.32 bits per heavy atom. The van der Waals surface area contributed by atoms with Crippen molar-refractivity contribution in [1.29, 1.82) is 0 Å². The van der Waals surface area contributed by atoms with Crippen molar-refractivity contribution in [1.82, 2.24) is 4.98 Å². The molecule has 0 aliphatic heterocycles. The van der Waals surface area contributed by atoms with E-state index in [2.05, 4.69) is 4.98 Å². The number of hydrogen-bond donors (Lipinski definition) is 1. The first kappa shape index (κ1) is 15.8. The van der Waals surface area contributed by atoms with Crippen LogP contribution in [0.25, 0.3) is 0 Å². The standard InChI is InChI=1S/C13H20F3N3/c1-4-11(17)12-6-5-10(7-18-12)19(9(2)3)8-13(14,15)16/h5-7,9,11H,4,8,17H2,1-3H3/t11-/m1/s1. The van der Waals surface area contributed by atoms with Crippen LogP contribution in [-0.4, -0.2) is 23.7 Å². The predicted octanol–water partition coefficient (Wildman–Crippen LogP) is 3.27. The first-order valence-electron chi connectivity index (χ1n) is 6.29. The number of anilines is 1. The molecule has 0 fully saturated rings. The second-order valence-corrected chi connectivity index (χ2v) is 4.79. The summed E-state index contributed by atoms with van der Waals surface area (Å²) in [5.74, 6) is 0. The SMILES string of the molecule is CC[C@@H](N)c1ccc(N(CC(F)(F)F)C(C)C)cn1. The minimum atomic E-state index is -4.23. The summed E-state index contributed by atoms with van der Waals surface area (Å²) in [5.41, 5.74) is 6.98. The van der Waals surface area contributed by atoms with Crippen LogP contribution in [0.1, 0.15) is 38.9 Å². The van der Waals surface area contributed by atoms with Crippen molar-refractivity contribution in [2.75, 3.05) is 11.4 Å². The second-order valence-electron chi connectivity index (χ2n) is 4.79. The van der Waals surface area contributed by atoms with E-state index in [0.717, 1.165) is 6.42 Å². The van der Waals surface area contributed by atoms with E-state index >= 15 is 0 Å². The van der Waals surface area contributed by atoms with Crippen LogP contribution in [0, 0.1) is 0 Å². The summed E-state index contributed by atoms with van der Waals surface area (Å²) in [4.78, 5) is 5.42. The summed E-state index contributed by atoms with van der Waals surface area (Å²) >= 11 is 0. The summed E-state index contributed by atoms with van der Waals surface area (Å²) < 4.78 is 37.6. The maximum atomic E-state index is 12.5. The molecule has 0 aliphatic carbocycles. The third kappa shape index (κ3) is 4.70. The molecule has 6 heteroatoms. The van der Waals surface area contributed by atoms with Crippen molar-refractivity contribution in [2.24, 2.45) is 5.73 Å². The fourth-order valence-corrected chi connectivity index (χ4v) is 1.76. The van der Waals surface area contributed by atoms with E-state index in [-0.39, 0.29) is 12.1 Å². The zero-order valence-corrected chi connectivity index (χ0v) is 11.4. The molecule has 0 saturated heterocycles. The Bertz CT molecular complexity index is 387. The van der Waals surface area contributed by atoms with E-state index in [4.69, 9.17) is 5.73 Å². The number of hydrogen-bond acceptors (Lipinski definition) is 3. The molecule has 0 saturated carbocycles. The predicted molar refractivity (Wildman–Crippen MR) is 70.0 cm³/mol. The average Bonchev–Trinajstić information content (AvgIpc) is 2.34. The lowest BCUT2D eigenvalue weighted by atomic mass is 10.1. The number of rotatable bonds is 5. The van der Waals surface area contributed by atoms with Gasteiger partial charge in [0.1, 0.15) is 6.54 Å². The molecule has 0 radical (unpaired) electrons. The van der Waals surface area contributed by atoms with Gasteiger partial charge in [-0.05, 0) is 32.4 Å². The van der Waals surface area contributed by atoms with Gasteiger partial charge in [-0.15, -0.1) is 0 Å². The van der Waals surface area contributed by atoms with Crippen molar-refractivity contribution in [3.05, 3.63) is 24.0 Å². The lowest BCUT2D eigenvalue weighted by Gasteiger charge is -2.29. The summed E-state index contributed by atoms with van der Waals surface area (Å²) in [6, 6.07) is 2.90. The molecule has 0 aliphatic rings. The third-order valence-corrected chi connectivity index (χ3v) is 2.90. The molecular formula is C13H20F3N3. The van der Waals surface area contributed by atoms with Crippen molar-refractivity contribution in [2.45, 2.75) is 45.5 Å². The fraction of sp³-hybridized carbons (Fsp3) is 0.615. The minimum absolute atomic E-state index is 0.177. The van der Waals surface area contributed by atoms with Crippen LogP contribution in [0.5, 0.6) is 0 Å². The zero-order chi connectivity index (χ0) is 14.6. The molecular weight excluding hydrogens is 255 g/mol. The Morgan fingerprint density at radius 2 is 1.95 bits per heavy atom. The highest BCUT2D eigenvalue weighted by Gasteiger charge is 2.32. The molecule has 1 atom stereocenters. The van der Waals surface area contributed by atoms with E-state index in [1.807, 2.05) is 6.92 Å². The quantitative estimate of drug-likeness (QED) is 0.896. The molecule has 1 aromatic heterocycles. The van der Waals surface area contributed by atoms with Crippen LogP contribution < -0.4 is 10.6 Å². The van der Waals surface area contributed by atoms with Gasteiger partial charge in [-0.25, -0.2) is 0 Å². The summed E-state index contributed by atoms with van der Waals surface area (Å²) in [5, 5.41) is 0. The molecule has 1 aromatic rings. The lowest BCUT2D eigenvalue weighted by molar-refractivity contribution is -0.120. The van der Waals surface area contributed by atoms with Gasteiger partial charge in [0, 0.05) is 12.1 Å². The van der Waals surface area contributed by atoms with Gasteiger partial charge in [-0.3, -0.25) is 4.98 Å². The smallest absolute Gasteiger partial charge is 0.359 e. The fourth-order valence-electron chi connectivity index (χ4n) is 1.76. The third-order valence-electron chi connectivity index (χ3n) is 2.90. The normalized spacial score (nSPS) is 13.7. The van der Waals surface area contributed by atoms with Crippen molar-refractivity contribution in [3.8, 4) is 0 Å². The summed E-state index contributed by atoms with van der Waals surface area (Å²) in [7, 11) is 0. The maximum absolute atomic E-state index is 12.5. The first-order chi connectivity index (χ1) is 8.74. The van der Waals surface area contributed by atoms with Gasteiger partial charge in [0.25, 0.3) is 0 Å². The lowest BCUT2D eigenvalue weighted by Crippen LogP contribution is -2.39. The number of alkyl halides is 3. The Labute approximate surface area is 111 Å². The second kappa shape index (κ2) is 6.23. The number of aromatic nitrogens is 1. The highest BCUT2D eigenvalue weighted by molar-refractivity contribution is 5.46. The average molecular weight is 275 g/mol. The van der Waals surface area contributed by atoms with E-state index in [1.54, 1.807) is 26.0 Å². The molecule has 0 aromatic carbocycles. The summed E-state index contributed by atoms with van der Waals surface area (Å²) in [6.45, 7) is 4.39. The van der Waals surface area contributed by atoms with Crippen LogP contribution in [0.2, 0.25) is 0 Å². The van der Waals surface area contributed by atoms with E-state index in [1.165, 1.54) is 11.1 Å². The molecule has 0 spiro atoms. The Kier molecular flexibility index (Phi) is 5.17. The van der Waals surface area contributed by atoms with Crippen LogP contribution in [0.15, 0.2) is 18.3 Å². The van der Waals surface area contributed by atoms with Gasteiger partial charge in [0.2, 0.25) is 0 Å². The van der Waals surface area contributed by atoms with Gasteiger partial charge in [-0.2, -0.15) is 13.2 Å². The molecule has 19 heavy (non-hydrogen) atoms. The van der Waals surface area contributed by atoms with Crippen LogP contribution in [-0.2, 0) is 0 Å². The molecule has 1 heterocycles. The molecule has 108 valence electrons. The Morgan fingerprint density at radius 3 is 2.32 bits per heavy atom. The summed E-state index contributed by atoms with van der Waals surface area (Å²) in [6.07, 6.45) is -2.04. The number of nitrogens with zero attached hydrogens (tertiary/aromatic N) is 2. The zero-order valence-electron chi connectivity index (χ0n) is 11.4. The van der Waals surface area contributed by atoms with Crippen molar-refractivity contribution in [3.63, 3.8) is 0 Å². The van der Waals surface area contributed by atoms with Gasteiger partial charge in [0.05, 0.1) is 17.6 Å². The van der Waals surface area contributed by atoms with Gasteiger partial charge >= 0.3 is 6.18 Å². The highest BCUT2D eigenvalue weighted by atomic mass is 19.4. The highest BCUT2D eigenvalue weighted by Crippen LogP contribution is 2.24. The maximum Gasteiger partial charge on any atom is 0.405 e. The molecule has 0 bridgehead atoms. The van der Waals surface area contributed by atoms with Gasteiger partial charge < -0.3 is 10.6 Å². The van der Waals surface area contributed by atoms with Gasteiger partial charge in [0.15, 0.2) is 0 Å². The molecule has 0 unspecified atom stereocenters. The van der Waals surface area contributed by atoms with Crippen LogP contribution in [0.3, 0.4) is 0 Å². The van der Waals surface area contributed by atoms with Crippen molar-refractivity contribution >= 4 is 5.69 Å².